The highest BCUT2D eigenvalue weighted by Gasteiger charge is 2.05. The van der Waals surface area contributed by atoms with Gasteiger partial charge in [-0.05, 0) is 35.4 Å². The average molecular weight is 272 g/mol. The Bertz CT molecular complexity index is 558. The summed E-state index contributed by atoms with van der Waals surface area (Å²) in [5.74, 6) is 0.373. The quantitative estimate of drug-likeness (QED) is 0.850. The molecule has 0 fully saturated rings. The molecule has 0 aliphatic rings. The van der Waals surface area contributed by atoms with Crippen molar-refractivity contribution in [3.05, 3.63) is 54.1 Å². The first kappa shape index (κ1) is 14.1. The fourth-order valence-corrected chi connectivity index (χ4v) is 1.82. The molecule has 0 aromatic heterocycles. The second kappa shape index (κ2) is 6.73. The zero-order chi connectivity index (χ0) is 14.4. The van der Waals surface area contributed by atoms with Crippen molar-refractivity contribution in [3.63, 3.8) is 0 Å². The van der Waals surface area contributed by atoms with Crippen LogP contribution in [0.15, 0.2) is 48.5 Å². The third-order valence-electron chi connectivity index (χ3n) is 2.85. The molecular weight excluding hydrogens is 256 g/mol. The molecule has 4 heteroatoms. The van der Waals surface area contributed by atoms with Crippen molar-refractivity contribution in [2.75, 3.05) is 20.3 Å². The van der Waals surface area contributed by atoms with E-state index >= 15 is 0 Å². The Kier molecular flexibility index (Phi) is 4.74. The lowest BCUT2D eigenvalue weighted by Crippen LogP contribution is -2.01. The van der Waals surface area contributed by atoms with E-state index in [1.165, 1.54) is 7.11 Å². The maximum absolute atomic E-state index is 11.3. The first-order valence-electron chi connectivity index (χ1n) is 6.27. The van der Waals surface area contributed by atoms with Gasteiger partial charge in [0.25, 0.3) is 0 Å². The highest BCUT2D eigenvalue weighted by molar-refractivity contribution is 5.89. The number of aliphatic hydroxyl groups excluding tert-OH is 1. The second-order valence-electron chi connectivity index (χ2n) is 4.17. The summed E-state index contributed by atoms with van der Waals surface area (Å²) >= 11 is 0. The summed E-state index contributed by atoms with van der Waals surface area (Å²) in [5.41, 5.74) is 2.56. The standard InChI is InChI=1S/C16H16O4/c1-19-16(18)14-4-2-12(3-5-14)13-6-8-15(9-7-13)20-11-10-17/h2-9,17H,10-11H2,1H3. The summed E-state index contributed by atoms with van der Waals surface area (Å²) in [6.45, 7) is 0.282. The van der Waals surface area contributed by atoms with E-state index in [9.17, 15) is 4.79 Å². The van der Waals surface area contributed by atoms with Crippen LogP contribution in [-0.2, 0) is 4.74 Å². The SMILES string of the molecule is COC(=O)c1ccc(-c2ccc(OCCO)cc2)cc1. The van der Waals surface area contributed by atoms with Gasteiger partial charge >= 0.3 is 5.97 Å². The van der Waals surface area contributed by atoms with E-state index in [2.05, 4.69) is 4.74 Å². The molecule has 0 unspecified atom stereocenters. The van der Waals surface area contributed by atoms with Gasteiger partial charge in [0.2, 0.25) is 0 Å². The molecular formula is C16H16O4. The molecule has 2 rings (SSSR count). The van der Waals surface area contributed by atoms with Gasteiger partial charge in [-0.25, -0.2) is 4.79 Å². The summed E-state index contributed by atoms with van der Waals surface area (Å²) in [4.78, 5) is 11.3. The lowest BCUT2D eigenvalue weighted by molar-refractivity contribution is 0.0601. The summed E-state index contributed by atoms with van der Waals surface area (Å²) in [6, 6.07) is 14.8. The number of ether oxygens (including phenoxy) is 2. The fourth-order valence-electron chi connectivity index (χ4n) is 1.82. The maximum atomic E-state index is 11.3. The van der Waals surface area contributed by atoms with Gasteiger partial charge in [-0.15, -0.1) is 0 Å². The van der Waals surface area contributed by atoms with E-state index in [1.54, 1.807) is 12.1 Å². The number of aliphatic hydroxyl groups is 1. The molecule has 104 valence electrons. The summed E-state index contributed by atoms with van der Waals surface area (Å²) in [7, 11) is 1.36. The van der Waals surface area contributed by atoms with Gasteiger partial charge in [0.1, 0.15) is 12.4 Å². The Hall–Kier alpha value is -2.33. The van der Waals surface area contributed by atoms with Gasteiger partial charge in [0, 0.05) is 0 Å². The first-order valence-corrected chi connectivity index (χ1v) is 6.27. The molecule has 2 aromatic rings. The van der Waals surface area contributed by atoms with Gasteiger partial charge in [-0.3, -0.25) is 0 Å². The normalized spacial score (nSPS) is 10.1. The number of benzene rings is 2. The van der Waals surface area contributed by atoms with E-state index in [0.717, 1.165) is 11.1 Å². The minimum Gasteiger partial charge on any atom is -0.491 e. The highest BCUT2D eigenvalue weighted by atomic mass is 16.5. The van der Waals surface area contributed by atoms with Crippen molar-refractivity contribution in [2.45, 2.75) is 0 Å². The Morgan fingerprint density at radius 2 is 1.55 bits per heavy atom. The number of methoxy groups -OCH3 is 1. The molecule has 0 radical (unpaired) electrons. The number of hydrogen-bond acceptors (Lipinski definition) is 4. The number of esters is 1. The molecule has 0 aliphatic carbocycles. The number of hydrogen-bond donors (Lipinski definition) is 1. The van der Waals surface area contributed by atoms with Crippen molar-refractivity contribution in [2.24, 2.45) is 0 Å². The van der Waals surface area contributed by atoms with Crippen LogP contribution in [0.1, 0.15) is 10.4 Å². The van der Waals surface area contributed by atoms with E-state index in [-0.39, 0.29) is 19.2 Å². The van der Waals surface area contributed by atoms with Crippen LogP contribution in [0.2, 0.25) is 0 Å². The van der Waals surface area contributed by atoms with Crippen molar-refractivity contribution in [1.82, 2.24) is 0 Å². The van der Waals surface area contributed by atoms with Gasteiger partial charge in [0.15, 0.2) is 0 Å². The van der Waals surface area contributed by atoms with E-state index in [1.807, 2.05) is 36.4 Å². The van der Waals surface area contributed by atoms with Gasteiger partial charge < -0.3 is 14.6 Å². The molecule has 0 bridgehead atoms. The van der Waals surface area contributed by atoms with Crippen LogP contribution < -0.4 is 4.74 Å². The topological polar surface area (TPSA) is 55.8 Å². The Balaban J connectivity index is 2.13. The number of rotatable bonds is 5. The molecule has 0 amide bonds. The van der Waals surface area contributed by atoms with Crippen molar-refractivity contribution >= 4 is 5.97 Å². The van der Waals surface area contributed by atoms with Crippen LogP contribution in [0.25, 0.3) is 11.1 Å². The molecule has 0 saturated carbocycles. The van der Waals surface area contributed by atoms with Crippen LogP contribution in [0.3, 0.4) is 0 Å². The maximum Gasteiger partial charge on any atom is 0.337 e. The van der Waals surface area contributed by atoms with E-state index in [0.29, 0.717) is 11.3 Å². The summed E-state index contributed by atoms with van der Waals surface area (Å²) < 4.78 is 9.96. The minimum absolute atomic E-state index is 0.00323. The lowest BCUT2D eigenvalue weighted by Gasteiger charge is -2.06. The van der Waals surface area contributed by atoms with Gasteiger partial charge in [0.05, 0.1) is 19.3 Å². The molecule has 0 aliphatic heterocycles. The second-order valence-corrected chi connectivity index (χ2v) is 4.17. The molecule has 1 N–H and O–H groups in total. The molecule has 0 saturated heterocycles. The van der Waals surface area contributed by atoms with Crippen molar-refractivity contribution < 1.29 is 19.4 Å². The van der Waals surface area contributed by atoms with Crippen LogP contribution in [0.5, 0.6) is 5.75 Å². The van der Waals surface area contributed by atoms with Gasteiger partial charge in [-0.1, -0.05) is 24.3 Å². The predicted molar refractivity (Wildman–Crippen MR) is 75.8 cm³/mol. The summed E-state index contributed by atoms with van der Waals surface area (Å²) in [5, 5.41) is 8.69. The van der Waals surface area contributed by atoms with E-state index in [4.69, 9.17) is 9.84 Å². The third-order valence-corrected chi connectivity index (χ3v) is 2.85. The van der Waals surface area contributed by atoms with Crippen LogP contribution in [-0.4, -0.2) is 31.4 Å². The number of carbonyl (C=O) groups is 1. The zero-order valence-corrected chi connectivity index (χ0v) is 11.2. The largest absolute Gasteiger partial charge is 0.491 e. The average Bonchev–Trinajstić information content (AvgIpc) is 2.53. The number of carbonyl (C=O) groups excluding carboxylic acids is 1. The predicted octanol–water partition coefficient (Wildman–Crippen LogP) is 2.51. The van der Waals surface area contributed by atoms with E-state index < -0.39 is 0 Å². The lowest BCUT2D eigenvalue weighted by atomic mass is 10.0. The zero-order valence-electron chi connectivity index (χ0n) is 11.2. The molecule has 0 atom stereocenters. The summed E-state index contributed by atoms with van der Waals surface area (Å²) in [6.07, 6.45) is 0. The van der Waals surface area contributed by atoms with Crippen molar-refractivity contribution in [3.8, 4) is 16.9 Å². The van der Waals surface area contributed by atoms with Crippen LogP contribution in [0.4, 0.5) is 0 Å². The molecule has 2 aromatic carbocycles. The third kappa shape index (κ3) is 3.36. The monoisotopic (exact) mass is 272 g/mol. The molecule has 20 heavy (non-hydrogen) atoms. The first-order chi connectivity index (χ1) is 9.74. The Labute approximate surface area is 117 Å². The van der Waals surface area contributed by atoms with Crippen LogP contribution in [0, 0.1) is 0 Å². The minimum atomic E-state index is -0.343. The van der Waals surface area contributed by atoms with Crippen molar-refractivity contribution in [1.29, 1.82) is 0 Å². The highest BCUT2D eigenvalue weighted by Crippen LogP contribution is 2.23. The molecule has 0 heterocycles. The fraction of sp³-hybridized carbons (Fsp3) is 0.188. The van der Waals surface area contributed by atoms with Gasteiger partial charge in [-0.2, -0.15) is 0 Å². The molecule has 4 nitrogen and oxygen atoms in total. The molecule has 0 spiro atoms. The Morgan fingerprint density at radius 3 is 2.05 bits per heavy atom. The smallest absolute Gasteiger partial charge is 0.337 e. The van der Waals surface area contributed by atoms with Crippen LogP contribution >= 0.6 is 0 Å². The Morgan fingerprint density at radius 1 is 1.00 bits per heavy atom.